The number of phosphoric ester groups is 1. The predicted molar refractivity (Wildman–Crippen MR) is 353 cm³/mol. The van der Waals surface area contributed by atoms with Gasteiger partial charge in [0.25, 0.3) is 7.82 Å². The summed E-state index contributed by atoms with van der Waals surface area (Å²) in [6.07, 6.45) is 85.3. The van der Waals surface area contributed by atoms with E-state index in [2.05, 4.69) is 55.6 Å². The quantitative estimate of drug-likeness (QED) is 0.0272. The maximum atomic E-state index is 13.0. The molecular formula is C72H139N2O6P. The van der Waals surface area contributed by atoms with Crippen molar-refractivity contribution in [3.63, 3.8) is 0 Å². The number of phosphoric acid groups is 1. The Morgan fingerprint density at radius 2 is 0.728 bits per heavy atom. The van der Waals surface area contributed by atoms with E-state index in [0.717, 1.165) is 44.9 Å². The fourth-order valence-electron chi connectivity index (χ4n) is 10.7. The number of aliphatic hydroxyl groups is 1. The number of amides is 1. The molecule has 0 aliphatic heterocycles. The number of allylic oxidation sites excluding steroid dienone is 7. The van der Waals surface area contributed by atoms with Gasteiger partial charge in [0.15, 0.2) is 0 Å². The summed E-state index contributed by atoms with van der Waals surface area (Å²) < 4.78 is 23.4. The van der Waals surface area contributed by atoms with E-state index >= 15 is 0 Å². The van der Waals surface area contributed by atoms with Crippen LogP contribution in [0.3, 0.4) is 0 Å². The van der Waals surface area contributed by atoms with Crippen molar-refractivity contribution in [2.45, 2.75) is 366 Å². The van der Waals surface area contributed by atoms with Crippen LogP contribution in [0.25, 0.3) is 0 Å². The number of nitrogens with one attached hydrogen (secondary N) is 1. The molecule has 0 aromatic heterocycles. The molecule has 9 heteroatoms. The molecule has 0 spiro atoms. The van der Waals surface area contributed by atoms with Crippen molar-refractivity contribution in [3.8, 4) is 0 Å². The first-order valence-corrected chi connectivity index (χ1v) is 37.0. The molecular weight excluding hydrogens is 1020 g/mol. The zero-order valence-electron chi connectivity index (χ0n) is 54.8. The van der Waals surface area contributed by atoms with Crippen LogP contribution in [0.4, 0.5) is 0 Å². The van der Waals surface area contributed by atoms with E-state index in [9.17, 15) is 19.4 Å². The summed E-state index contributed by atoms with van der Waals surface area (Å²) in [6.45, 7) is 4.67. The number of rotatable bonds is 66. The molecule has 0 rings (SSSR count). The summed E-state index contributed by atoms with van der Waals surface area (Å²) in [6, 6.07) is -0.905. The molecule has 0 aliphatic rings. The highest BCUT2D eigenvalue weighted by molar-refractivity contribution is 7.45. The molecule has 0 aromatic rings. The lowest BCUT2D eigenvalue weighted by Crippen LogP contribution is -2.45. The number of likely N-dealkylation sites (N-methyl/N-ethyl adjacent to an activating group) is 1. The van der Waals surface area contributed by atoms with Crippen LogP contribution in [0.2, 0.25) is 0 Å². The molecule has 1 amide bonds. The zero-order valence-corrected chi connectivity index (χ0v) is 55.6. The summed E-state index contributed by atoms with van der Waals surface area (Å²) in [5.41, 5.74) is 0. The minimum atomic E-state index is -4.61. The zero-order chi connectivity index (χ0) is 59.1. The molecule has 0 fully saturated rings. The summed E-state index contributed by atoms with van der Waals surface area (Å²) in [4.78, 5) is 25.6. The summed E-state index contributed by atoms with van der Waals surface area (Å²) in [5.74, 6) is -0.201. The van der Waals surface area contributed by atoms with Gasteiger partial charge in [-0.1, -0.05) is 332 Å². The van der Waals surface area contributed by atoms with Crippen molar-refractivity contribution in [1.29, 1.82) is 0 Å². The second-order valence-corrected chi connectivity index (χ2v) is 27.0. The number of hydrogen-bond acceptors (Lipinski definition) is 6. The smallest absolute Gasteiger partial charge is 0.268 e. The summed E-state index contributed by atoms with van der Waals surface area (Å²) in [5, 5.41) is 13.9. The van der Waals surface area contributed by atoms with Gasteiger partial charge in [0.2, 0.25) is 5.91 Å². The highest BCUT2D eigenvalue weighted by Crippen LogP contribution is 2.38. The number of carbonyl (C=O) groups excluding carboxylic acids is 1. The Balaban J connectivity index is 4.07. The minimum absolute atomic E-state index is 0.00533. The Bertz CT molecular complexity index is 1460. The van der Waals surface area contributed by atoms with Crippen LogP contribution in [0.5, 0.6) is 0 Å². The Kier molecular flexibility index (Phi) is 61.8. The van der Waals surface area contributed by atoms with Crippen LogP contribution in [0, 0.1) is 0 Å². The Morgan fingerprint density at radius 3 is 1.07 bits per heavy atom. The van der Waals surface area contributed by atoms with Crippen LogP contribution in [0.1, 0.15) is 354 Å². The van der Waals surface area contributed by atoms with Crippen molar-refractivity contribution in [2.75, 3.05) is 40.9 Å². The molecule has 0 heterocycles. The molecule has 478 valence electrons. The van der Waals surface area contributed by atoms with Crippen LogP contribution in [0.15, 0.2) is 48.6 Å². The molecule has 8 nitrogen and oxygen atoms in total. The Hall–Kier alpha value is -1.54. The minimum Gasteiger partial charge on any atom is -0.756 e. The van der Waals surface area contributed by atoms with E-state index in [-0.39, 0.29) is 12.5 Å². The molecule has 3 unspecified atom stereocenters. The van der Waals surface area contributed by atoms with Gasteiger partial charge >= 0.3 is 0 Å². The van der Waals surface area contributed by atoms with E-state index in [4.69, 9.17) is 9.05 Å². The molecule has 3 atom stereocenters. The van der Waals surface area contributed by atoms with Crippen LogP contribution in [-0.2, 0) is 18.4 Å². The monoisotopic (exact) mass is 1160 g/mol. The van der Waals surface area contributed by atoms with Gasteiger partial charge in [-0.25, -0.2) is 0 Å². The van der Waals surface area contributed by atoms with Crippen molar-refractivity contribution in [3.05, 3.63) is 48.6 Å². The van der Waals surface area contributed by atoms with E-state index in [1.54, 1.807) is 6.08 Å². The van der Waals surface area contributed by atoms with Crippen LogP contribution in [-0.4, -0.2) is 68.5 Å². The Morgan fingerprint density at radius 1 is 0.432 bits per heavy atom. The van der Waals surface area contributed by atoms with Crippen molar-refractivity contribution in [2.24, 2.45) is 0 Å². The molecule has 0 saturated heterocycles. The standard InChI is InChI=1S/C72H139N2O6P/c1-6-8-10-12-14-16-18-20-22-24-26-28-30-32-34-36-37-38-40-42-44-46-48-50-52-54-56-58-60-62-64-66-72(76)73-70(69-80-81(77,78)79-68-67-74(3,4)5)71(75)65-63-61-59-57-55-53-51-49-47-45-43-41-39-35-33-31-29-27-25-23-21-19-17-15-13-11-9-7-2/h18,20,24,26,55,57,63,65,70-71,75H,6-17,19,21-23,25,27-54,56,58-62,64,66-69H2,1-5H3,(H-,73,76,77,78)/b20-18-,26-24-,57-55+,65-63+. The van der Waals surface area contributed by atoms with Gasteiger partial charge in [0.1, 0.15) is 13.2 Å². The largest absolute Gasteiger partial charge is 0.756 e. The number of nitrogens with zero attached hydrogens (tertiary/aromatic N) is 1. The van der Waals surface area contributed by atoms with E-state index in [1.807, 2.05) is 27.2 Å². The van der Waals surface area contributed by atoms with Crippen molar-refractivity contribution >= 4 is 13.7 Å². The number of carbonyl (C=O) groups is 1. The second-order valence-electron chi connectivity index (χ2n) is 25.6. The third-order valence-electron chi connectivity index (χ3n) is 16.3. The molecule has 0 aliphatic carbocycles. The molecule has 2 N–H and O–H groups in total. The normalized spacial score (nSPS) is 13.9. The molecule has 0 saturated carbocycles. The van der Waals surface area contributed by atoms with Gasteiger partial charge in [-0.15, -0.1) is 0 Å². The maximum Gasteiger partial charge on any atom is 0.268 e. The Labute approximate surface area is 505 Å². The van der Waals surface area contributed by atoms with E-state index in [1.165, 1.54) is 289 Å². The number of unbranched alkanes of at least 4 members (excludes halogenated alkanes) is 47. The van der Waals surface area contributed by atoms with Gasteiger partial charge in [0, 0.05) is 6.42 Å². The van der Waals surface area contributed by atoms with Crippen molar-refractivity contribution < 1.29 is 32.9 Å². The molecule has 0 radical (unpaired) electrons. The fraction of sp³-hybridized carbons (Fsp3) is 0.875. The molecule has 0 bridgehead atoms. The SMILES string of the molecule is CCCCCCC/C=C\C/C=C\CCCCCCCCCCCCCCCCCCCCCC(=O)NC(COP(=O)([O-])OCC[N+](C)(C)C)C(O)/C=C/CC/C=C/CCCCCCCCCCCCCCCCCCCCCCCC. The maximum absolute atomic E-state index is 13.0. The van der Waals surface area contributed by atoms with Gasteiger partial charge in [-0.2, -0.15) is 0 Å². The highest BCUT2D eigenvalue weighted by atomic mass is 31.2. The average molecular weight is 1160 g/mol. The first kappa shape index (κ1) is 79.5. The van der Waals surface area contributed by atoms with Crippen LogP contribution < -0.4 is 10.2 Å². The van der Waals surface area contributed by atoms with E-state index < -0.39 is 26.6 Å². The third kappa shape index (κ3) is 65.9. The highest BCUT2D eigenvalue weighted by Gasteiger charge is 2.23. The van der Waals surface area contributed by atoms with E-state index in [0.29, 0.717) is 17.4 Å². The van der Waals surface area contributed by atoms with Crippen molar-refractivity contribution in [1.82, 2.24) is 5.32 Å². The lowest BCUT2D eigenvalue weighted by molar-refractivity contribution is -0.870. The van der Waals surface area contributed by atoms with Gasteiger partial charge in [-0.05, 0) is 64.2 Å². The average Bonchev–Trinajstić information content (AvgIpc) is 3.43. The molecule has 0 aromatic carbocycles. The van der Waals surface area contributed by atoms with Gasteiger partial charge in [-0.3, -0.25) is 9.36 Å². The first-order valence-electron chi connectivity index (χ1n) is 35.5. The third-order valence-corrected chi connectivity index (χ3v) is 17.2. The lowest BCUT2D eigenvalue weighted by atomic mass is 10.0. The number of aliphatic hydroxyl groups excluding tert-OH is 1. The molecule has 81 heavy (non-hydrogen) atoms. The summed E-state index contributed by atoms with van der Waals surface area (Å²) in [7, 11) is 1.26. The summed E-state index contributed by atoms with van der Waals surface area (Å²) >= 11 is 0. The second kappa shape index (κ2) is 63.0. The lowest BCUT2D eigenvalue weighted by Gasteiger charge is -2.29. The van der Waals surface area contributed by atoms with Gasteiger partial charge < -0.3 is 28.8 Å². The first-order chi connectivity index (χ1) is 39.5. The fourth-order valence-corrected chi connectivity index (χ4v) is 11.5. The number of hydrogen-bond donors (Lipinski definition) is 2. The van der Waals surface area contributed by atoms with Gasteiger partial charge in [0.05, 0.1) is 39.9 Å². The topological polar surface area (TPSA) is 108 Å². The van der Waals surface area contributed by atoms with Crippen LogP contribution >= 0.6 is 7.82 Å². The predicted octanol–water partition coefficient (Wildman–Crippen LogP) is 22.0. The number of quaternary nitrogens is 1.